The summed E-state index contributed by atoms with van der Waals surface area (Å²) >= 11 is 7.29. The zero-order valence-electron chi connectivity index (χ0n) is 10.4. The molecule has 1 aromatic carbocycles. The van der Waals surface area contributed by atoms with Gasteiger partial charge < -0.3 is 10.6 Å². The lowest BCUT2D eigenvalue weighted by atomic mass is 10.1. The van der Waals surface area contributed by atoms with Gasteiger partial charge in [0, 0.05) is 17.8 Å². The van der Waals surface area contributed by atoms with Crippen LogP contribution in [0.25, 0.3) is 0 Å². The zero-order chi connectivity index (χ0) is 14.3. The Bertz CT molecular complexity index is 668. The molecule has 0 aliphatic carbocycles. The summed E-state index contributed by atoms with van der Waals surface area (Å²) in [6.45, 7) is 0.882. The van der Waals surface area contributed by atoms with Crippen molar-refractivity contribution in [3.63, 3.8) is 0 Å². The molecular formula is C13H11ClFN3OS. The van der Waals surface area contributed by atoms with Crippen LogP contribution in [0.5, 0.6) is 0 Å². The quantitative estimate of drug-likeness (QED) is 0.881. The van der Waals surface area contributed by atoms with Gasteiger partial charge in [-0.2, -0.15) is 0 Å². The van der Waals surface area contributed by atoms with Gasteiger partial charge in [-0.3, -0.25) is 4.79 Å². The first-order valence-electron chi connectivity index (χ1n) is 6.03. The molecule has 1 aliphatic rings. The van der Waals surface area contributed by atoms with Crippen molar-refractivity contribution in [1.82, 2.24) is 9.88 Å². The Morgan fingerprint density at radius 1 is 1.50 bits per heavy atom. The van der Waals surface area contributed by atoms with Crippen molar-refractivity contribution in [3.8, 4) is 0 Å². The Balaban J connectivity index is 1.89. The van der Waals surface area contributed by atoms with E-state index in [1.54, 1.807) is 4.90 Å². The van der Waals surface area contributed by atoms with Crippen LogP contribution in [0.15, 0.2) is 18.2 Å². The molecule has 3 rings (SSSR count). The summed E-state index contributed by atoms with van der Waals surface area (Å²) in [6, 6.07) is 4.23. The molecule has 0 bridgehead atoms. The molecule has 0 fully saturated rings. The first kappa shape index (κ1) is 13.3. The Hall–Kier alpha value is -1.66. The summed E-state index contributed by atoms with van der Waals surface area (Å²) in [5, 5.41) is 0.623. The second kappa shape index (κ2) is 5.03. The minimum Gasteiger partial charge on any atom is -0.375 e. The summed E-state index contributed by atoms with van der Waals surface area (Å²) in [6.07, 6.45) is 0.626. The lowest BCUT2D eigenvalue weighted by Gasteiger charge is -2.26. The van der Waals surface area contributed by atoms with Crippen LogP contribution in [0, 0.1) is 5.82 Å². The molecule has 4 nitrogen and oxygen atoms in total. The average molecular weight is 312 g/mol. The Morgan fingerprint density at radius 2 is 2.30 bits per heavy atom. The van der Waals surface area contributed by atoms with Crippen molar-refractivity contribution in [3.05, 3.63) is 45.2 Å². The minimum atomic E-state index is -0.600. The minimum absolute atomic E-state index is 0.0740. The number of carbonyl (C=O) groups is 1. The molecule has 0 atom stereocenters. The highest BCUT2D eigenvalue weighted by Gasteiger charge is 2.27. The second-order valence-corrected chi connectivity index (χ2v) is 6.02. The van der Waals surface area contributed by atoms with Gasteiger partial charge in [-0.25, -0.2) is 9.37 Å². The largest absolute Gasteiger partial charge is 0.375 e. The maximum Gasteiger partial charge on any atom is 0.258 e. The molecule has 20 heavy (non-hydrogen) atoms. The van der Waals surface area contributed by atoms with Crippen molar-refractivity contribution in [1.29, 1.82) is 0 Å². The molecule has 1 aliphatic heterocycles. The van der Waals surface area contributed by atoms with E-state index in [1.807, 2.05) is 0 Å². The third-order valence-corrected chi connectivity index (χ3v) is 4.44. The van der Waals surface area contributed by atoms with E-state index >= 15 is 0 Å². The number of aromatic nitrogens is 1. The van der Waals surface area contributed by atoms with Gasteiger partial charge in [0.2, 0.25) is 0 Å². The Labute approximate surface area is 124 Å². The summed E-state index contributed by atoms with van der Waals surface area (Å²) in [5.74, 6) is -0.997. The standard InChI is InChI=1S/C13H11ClFN3OS/c14-7-2-1-3-8(15)11(7)12(19)18-5-4-9-10(6-18)20-13(16)17-9/h1-3H,4-6H2,(H2,16,17). The highest BCUT2D eigenvalue weighted by molar-refractivity contribution is 7.15. The van der Waals surface area contributed by atoms with Crippen LogP contribution in [0.3, 0.4) is 0 Å². The van der Waals surface area contributed by atoms with Crippen LogP contribution in [-0.2, 0) is 13.0 Å². The number of nitrogens with two attached hydrogens (primary N) is 1. The van der Waals surface area contributed by atoms with Crippen LogP contribution in [0.2, 0.25) is 5.02 Å². The molecule has 7 heteroatoms. The van der Waals surface area contributed by atoms with Crippen molar-refractivity contribution < 1.29 is 9.18 Å². The lowest BCUT2D eigenvalue weighted by Crippen LogP contribution is -2.36. The van der Waals surface area contributed by atoms with Crippen LogP contribution in [0.4, 0.5) is 9.52 Å². The van der Waals surface area contributed by atoms with Gasteiger partial charge in [-0.1, -0.05) is 17.7 Å². The van der Waals surface area contributed by atoms with Crippen LogP contribution < -0.4 is 5.73 Å². The SMILES string of the molecule is Nc1nc2c(s1)CN(C(=O)c1c(F)cccc1Cl)CC2. The summed E-state index contributed by atoms with van der Waals surface area (Å²) in [7, 11) is 0. The number of hydrogen-bond acceptors (Lipinski definition) is 4. The second-order valence-electron chi connectivity index (χ2n) is 4.50. The lowest BCUT2D eigenvalue weighted by molar-refractivity contribution is 0.0731. The number of amides is 1. The Morgan fingerprint density at radius 3 is 3.05 bits per heavy atom. The van der Waals surface area contributed by atoms with E-state index in [0.29, 0.717) is 24.6 Å². The number of anilines is 1. The molecule has 104 valence electrons. The van der Waals surface area contributed by atoms with Gasteiger partial charge in [0.15, 0.2) is 5.13 Å². The molecule has 0 saturated carbocycles. The fourth-order valence-corrected chi connectivity index (χ4v) is 3.39. The molecule has 0 radical (unpaired) electrons. The maximum atomic E-state index is 13.8. The molecule has 0 unspecified atom stereocenters. The number of hydrogen-bond donors (Lipinski definition) is 1. The normalized spacial score (nSPS) is 14.2. The van der Waals surface area contributed by atoms with E-state index in [1.165, 1.54) is 29.5 Å². The number of rotatable bonds is 1. The highest BCUT2D eigenvalue weighted by atomic mass is 35.5. The van der Waals surface area contributed by atoms with E-state index < -0.39 is 11.7 Å². The fraction of sp³-hybridized carbons (Fsp3) is 0.231. The van der Waals surface area contributed by atoms with E-state index in [0.717, 1.165) is 10.6 Å². The zero-order valence-corrected chi connectivity index (χ0v) is 12.0. The van der Waals surface area contributed by atoms with E-state index in [4.69, 9.17) is 17.3 Å². The van der Waals surface area contributed by atoms with Crippen LogP contribution >= 0.6 is 22.9 Å². The first-order valence-corrected chi connectivity index (χ1v) is 7.23. The van der Waals surface area contributed by atoms with Crippen molar-refractivity contribution >= 4 is 34.0 Å². The molecular weight excluding hydrogens is 301 g/mol. The maximum absolute atomic E-state index is 13.8. The summed E-state index contributed by atoms with van der Waals surface area (Å²) < 4.78 is 13.8. The van der Waals surface area contributed by atoms with Crippen LogP contribution in [0.1, 0.15) is 20.9 Å². The van der Waals surface area contributed by atoms with Crippen LogP contribution in [-0.4, -0.2) is 22.3 Å². The van der Waals surface area contributed by atoms with Gasteiger partial charge >= 0.3 is 0 Å². The number of nitrogen functional groups attached to an aromatic ring is 1. The van der Waals surface area contributed by atoms with Crippen molar-refractivity contribution in [2.45, 2.75) is 13.0 Å². The highest BCUT2D eigenvalue weighted by Crippen LogP contribution is 2.28. The molecule has 1 aromatic heterocycles. The van der Waals surface area contributed by atoms with Gasteiger partial charge in [0.05, 0.1) is 22.8 Å². The van der Waals surface area contributed by atoms with Gasteiger partial charge in [0.1, 0.15) is 5.82 Å². The average Bonchev–Trinajstić information content (AvgIpc) is 2.77. The number of nitrogens with zero attached hydrogens (tertiary/aromatic N) is 2. The van der Waals surface area contributed by atoms with E-state index in [-0.39, 0.29) is 10.6 Å². The molecule has 2 N–H and O–H groups in total. The smallest absolute Gasteiger partial charge is 0.258 e. The van der Waals surface area contributed by atoms with E-state index in [9.17, 15) is 9.18 Å². The third kappa shape index (κ3) is 2.25. The fourth-order valence-electron chi connectivity index (χ4n) is 2.25. The van der Waals surface area contributed by atoms with E-state index in [2.05, 4.69) is 4.98 Å². The summed E-state index contributed by atoms with van der Waals surface area (Å²) in [4.78, 5) is 19.2. The monoisotopic (exact) mass is 311 g/mol. The molecule has 2 aromatic rings. The third-order valence-electron chi connectivity index (χ3n) is 3.21. The topological polar surface area (TPSA) is 59.2 Å². The van der Waals surface area contributed by atoms with Crippen molar-refractivity contribution in [2.75, 3.05) is 12.3 Å². The number of halogens is 2. The predicted molar refractivity (Wildman–Crippen MR) is 76.4 cm³/mol. The molecule has 0 spiro atoms. The number of benzene rings is 1. The van der Waals surface area contributed by atoms with Gasteiger partial charge in [0.25, 0.3) is 5.91 Å². The first-order chi connectivity index (χ1) is 9.56. The number of carbonyl (C=O) groups excluding carboxylic acids is 1. The number of thiazole rings is 1. The Kier molecular flexibility index (Phi) is 3.35. The van der Waals surface area contributed by atoms with Gasteiger partial charge in [-0.05, 0) is 12.1 Å². The predicted octanol–water partition coefficient (Wildman–Crippen LogP) is 2.72. The summed E-state index contributed by atoms with van der Waals surface area (Å²) in [5.41, 5.74) is 6.52. The van der Waals surface area contributed by atoms with Gasteiger partial charge in [-0.15, -0.1) is 11.3 Å². The molecule has 1 amide bonds. The molecule has 0 saturated heterocycles. The molecule has 2 heterocycles. The number of fused-ring (bicyclic) bond motifs is 1. The van der Waals surface area contributed by atoms with Crippen molar-refractivity contribution in [2.24, 2.45) is 0 Å².